The van der Waals surface area contributed by atoms with Crippen molar-refractivity contribution >= 4 is 35.6 Å². The Morgan fingerprint density at radius 2 is 2.00 bits per heavy atom. The quantitative estimate of drug-likeness (QED) is 0.273. The summed E-state index contributed by atoms with van der Waals surface area (Å²) in [5.41, 5.74) is 7.11. The van der Waals surface area contributed by atoms with Crippen LogP contribution in [-0.4, -0.2) is 70.4 Å². The van der Waals surface area contributed by atoms with Crippen molar-refractivity contribution in [2.75, 3.05) is 64.4 Å². The molecule has 0 unspecified atom stereocenters. The van der Waals surface area contributed by atoms with Gasteiger partial charge in [-0.3, -0.25) is 9.89 Å². The minimum Gasteiger partial charge on any atom is -0.379 e. The SMILES string of the molecule is CN(CCNC(N)=NCCCN1CCOCC1)c1ccccc1.I. The standard InChI is InChI=1S/C17H29N5O.HI/c1-21(16-6-3-2-4-7-16)11-9-20-17(18)19-8-5-10-22-12-14-23-15-13-22;/h2-4,6-7H,5,8-15H2,1H3,(H3,18,19,20);1H. The summed E-state index contributed by atoms with van der Waals surface area (Å²) in [6.07, 6.45) is 1.03. The van der Waals surface area contributed by atoms with Gasteiger partial charge < -0.3 is 20.7 Å². The zero-order valence-electron chi connectivity index (χ0n) is 14.5. The summed E-state index contributed by atoms with van der Waals surface area (Å²) < 4.78 is 5.34. The number of ether oxygens (including phenoxy) is 1. The van der Waals surface area contributed by atoms with Crippen LogP contribution in [0.5, 0.6) is 0 Å². The van der Waals surface area contributed by atoms with Crippen LogP contribution in [-0.2, 0) is 4.74 Å². The van der Waals surface area contributed by atoms with Gasteiger partial charge in [-0.2, -0.15) is 0 Å². The molecule has 0 saturated carbocycles. The molecule has 3 N–H and O–H groups in total. The van der Waals surface area contributed by atoms with Crippen LogP contribution in [0.2, 0.25) is 0 Å². The maximum atomic E-state index is 5.90. The number of para-hydroxylation sites is 1. The molecule has 1 fully saturated rings. The van der Waals surface area contributed by atoms with Gasteiger partial charge in [0.05, 0.1) is 13.2 Å². The molecular formula is C17H30IN5O. The number of likely N-dealkylation sites (N-methyl/N-ethyl adjacent to an activating group) is 1. The summed E-state index contributed by atoms with van der Waals surface area (Å²) in [6, 6.07) is 10.3. The Bertz CT molecular complexity index is 465. The molecule has 0 spiro atoms. The summed E-state index contributed by atoms with van der Waals surface area (Å²) in [7, 11) is 2.08. The number of morpholine rings is 1. The molecule has 1 aromatic rings. The lowest BCUT2D eigenvalue weighted by atomic mass is 10.3. The van der Waals surface area contributed by atoms with Crippen molar-refractivity contribution < 1.29 is 4.74 Å². The second-order valence-corrected chi connectivity index (χ2v) is 5.76. The van der Waals surface area contributed by atoms with Gasteiger partial charge in [0.1, 0.15) is 0 Å². The van der Waals surface area contributed by atoms with Crippen molar-refractivity contribution in [3.63, 3.8) is 0 Å². The Morgan fingerprint density at radius 3 is 2.71 bits per heavy atom. The number of benzene rings is 1. The van der Waals surface area contributed by atoms with E-state index in [1.54, 1.807) is 0 Å². The number of nitrogens with one attached hydrogen (secondary N) is 1. The van der Waals surface area contributed by atoms with E-state index in [0.29, 0.717) is 5.96 Å². The van der Waals surface area contributed by atoms with E-state index in [4.69, 9.17) is 10.5 Å². The number of nitrogens with two attached hydrogens (primary N) is 1. The number of guanidine groups is 1. The molecule has 1 aliphatic rings. The fourth-order valence-electron chi connectivity index (χ4n) is 2.54. The zero-order chi connectivity index (χ0) is 16.3. The Kier molecular flexibility index (Phi) is 10.8. The second kappa shape index (κ2) is 12.3. The van der Waals surface area contributed by atoms with Gasteiger partial charge >= 0.3 is 0 Å². The molecule has 1 saturated heterocycles. The van der Waals surface area contributed by atoms with Crippen LogP contribution in [0, 0.1) is 0 Å². The van der Waals surface area contributed by atoms with Crippen LogP contribution in [0.1, 0.15) is 6.42 Å². The van der Waals surface area contributed by atoms with E-state index in [-0.39, 0.29) is 24.0 Å². The first-order chi connectivity index (χ1) is 11.3. The van der Waals surface area contributed by atoms with Gasteiger partial charge in [-0.15, -0.1) is 24.0 Å². The van der Waals surface area contributed by atoms with Gasteiger partial charge in [0.25, 0.3) is 0 Å². The first-order valence-corrected chi connectivity index (χ1v) is 8.36. The third-order valence-electron chi connectivity index (χ3n) is 3.97. The minimum absolute atomic E-state index is 0. The van der Waals surface area contributed by atoms with Crippen molar-refractivity contribution in [2.45, 2.75) is 6.42 Å². The van der Waals surface area contributed by atoms with Gasteiger partial charge in [-0.25, -0.2) is 0 Å². The largest absolute Gasteiger partial charge is 0.379 e. The highest BCUT2D eigenvalue weighted by Crippen LogP contribution is 2.09. The Hall–Kier alpha value is -1.06. The number of anilines is 1. The first-order valence-electron chi connectivity index (χ1n) is 8.36. The molecule has 0 bridgehead atoms. The lowest BCUT2D eigenvalue weighted by Gasteiger charge is -2.26. The molecule has 136 valence electrons. The van der Waals surface area contributed by atoms with E-state index in [2.05, 4.69) is 39.3 Å². The molecule has 0 aromatic heterocycles. The van der Waals surface area contributed by atoms with Gasteiger partial charge in [0, 0.05) is 52.0 Å². The van der Waals surface area contributed by atoms with E-state index >= 15 is 0 Å². The lowest BCUT2D eigenvalue weighted by molar-refractivity contribution is 0.0377. The Labute approximate surface area is 162 Å². The number of hydrogen-bond acceptors (Lipinski definition) is 4. The number of hydrogen-bond donors (Lipinski definition) is 2. The summed E-state index contributed by atoms with van der Waals surface area (Å²) in [5, 5.41) is 3.17. The van der Waals surface area contributed by atoms with Crippen molar-refractivity contribution in [2.24, 2.45) is 10.7 Å². The van der Waals surface area contributed by atoms with Gasteiger partial charge in [0.15, 0.2) is 5.96 Å². The second-order valence-electron chi connectivity index (χ2n) is 5.76. The van der Waals surface area contributed by atoms with E-state index in [1.165, 1.54) is 5.69 Å². The molecule has 7 heteroatoms. The van der Waals surface area contributed by atoms with Crippen molar-refractivity contribution in [3.8, 4) is 0 Å². The van der Waals surface area contributed by atoms with Crippen LogP contribution in [0.25, 0.3) is 0 Å². The number of nitrogens with zero attached hydrogens (tertiary/aromatic N) is 3. The predicted molar refractivity (Wildman–Crippen MR) is 111 cm³/mol. The molecule has 24 heavy (non-hydrogen) atoms. The Morgan fingerprint density at radius 1 is 1.29 bits per heavy atom. The molecule has 0 amide bonds. The molecule has 1 heterocycles. The maximum absolute atomic E-state index is 5.90. The predicted octanol–water partition coefficient (Wildman–Crippen LogP) is 1.37. The number of aliphatic imine (C=N–C) groups is 1. The maximum Gasteiger partial charge on any atom is 0.188 e. The van der Waals surface area contributed by atoms with E-state index < -0.39 is 0 Å². The molecule has 6 nitrogen and oxygen atoms in total. The van der Waals surface area contributed by atoms with Crippen LogP contribution in [0.3, 0.4) is 0 Å². The Balaban J connectivity index is 0.00000288. The molecule has 0 atom stereocenters. The fraction of sp³-hybridized carbons (Fsp3) is 0.588. The molecular weight excluding hydrogens is 417 g/mol. The fourth-order valence-corrected chi connectivity index (χ4v) is 2.54. The average molecular weight is 447 g/mol. The van der Waals surface area contributed by atoms with Gasteiger partial charge in [-0.1, -0.05) is 18.2 Å². The molecule has 0 aliphatic carbocycles. The summed E-state index contributed by atoms with van der Waals surface area (Å²) in [5.74, 6) is 0.536. The molecule has 2 rings (SSSR count). The van der Waals surface area contributed by atoms with Crippen LogP contribution >= 0.6 is 24.0 Å². The highest BCUT2D eigenvalue weighted by atomic mass is 127. The van der Waals surface area contributed by atoms with E-state index in [1.807, 2.05) is 18.2 Å². The summed E-state index contributed by atoms with van der Waals surface area (Å²) in [6.45, 7) is 7.26. The molecule has 0 radical (unpaired) electrons. The van der Waals surface area contributed by atoms with Crippen LogP contribution < -0.4 is 16.0 Å². The smallest absolute Gasteiger partial charge is 0.188 e. The molecule has 1 aliphatic heterocycles. The number of rotatable bonds is 8. The van der Waals surface area contributed by atoms with E-state index in [0.717, 1.165) is 58.9 Å². The monoisotopic (exact) mass is 447 g/mol. The van der Waals surface area contributed by atoms with Gasteiger partial charge in [-0.05, 0) is 18.6 Å². The molecule has 1 aromatic carbocycles. The normalized spacial score (nSPS) is 15.6. The third kappa shape index (κ3) is 8.16. The highest BCUT2D eigenvalue weighted by molar-refractivity contribution is 14.0. The number of halogens is 1. The minimum atomic E-state index is 0. The average Bonchev–Trinajstić information content (AvgIpc) is 2.60. The van der Waals surface area contributed by atoms with Crippen molar-refractivity contribution in [3.05, 3.63) is 30.3 Å². The summed E-state index contributed by atoms with van der Waals surface area (Å²) in [4.78, 5) is 8.99. The third-order valence-corrected chi connectivity index (χ3v) is 3.97. The first kappa shape index (κ1) is 21.0. The van der Waals surface area contributed by atoms with Gasteiger partial charge in [0.2, 0.25) is 0 Å². The highest BCUT2D eigenvalue weighted by Gasteiger charge is 2.08. The topological polar surface area (TPSA) is 66.1 Å². The zero-order valence-corrected chi connectivity index (χ0v) is 16.8. The van der Waals surface area contributed by atoms with Crippen LogP contribution in [0.15, 0.2) is 35.3 Å². The van der Waals surface area contributed by atoms with Crippen LogP contribution in [0.4, 0.5) is 5.69 Å². The summed E-state index contributed by atoms with van der Waals surface area (Å²) >= 11 is 0. The van der Waals surface area contributed by atoms with E-state index in [9.17, 15) is 0 Å². The van der Waals surface area contributed by atoms with Crippen molar-refractivity contribution in [1.82, 2.24) is 10.2 Å². The van der Waals surface area contributed by atoms with Crippen molar-refractivity contribution in [1.29, 1.82) is 0 Å². The lowest BCUT2D eigenvalue weighted by Crippen LogP contribution is -2.38.